The first-order chi connectivity index (χ1) is 10.4. The minimum atomic E-state index is 0. The molecule has 1 saturated heterocycles. The Labute approximate surface area is 156 Å². The Kier molecular flexibility index (Phi) is 7.44. The van der Waals surface area contributed by atoms with Crippen LogP contribution in [0.3, 0.4) is 0 Å². The fourth-order valence-electron chi connectivity index (χ4n) is 2.72. The van der Waals surface area contributed by atoms with Gasteiger partial charge in [0.15, 0.2) is 17.5 Å². The predicted octanol–water partition coefficient (Wildman–Crippen LogP) is 3.22. The van der Waals surface area contributed by atoms with Crippen molar-refractivity contribution in [3.8, 4) is 11.5 Å². The third kappa shape index (κ3) is 5.44. The van der Waals surface area contributed by atoms with Gasteiger partial charge in [-0.1, -0.05) is 19.9 Å². The second-order valence-corrected chi connectivity index (χ2v) is 6.51. The van der Waals surface area contributed by atoms with Crippen LogP contribution in [0.4, 0.5) is 0 Å². The Morgan fingerprint density at radius 2 is 2.17 bits per heavy atom. The van der Waals surface area contributed by atoms with Crippen LogP contribution >= 0.6 is 24.0 Å². The van der Waals surface area contributed by atoms with E-state index in [1.165, 1.54) is 6.42 Å². The number of benzene rings is 1. The van der Waals surface area contributed by atoms with E-state index in [4.69, 9.17) is 9.73 Å². The lowest BCUT2D eigenvalue weighted by molar-refractivity contribution is 0.370. The molecule has 0 aliphatic carbocycles. The van der Waals surface area contributed by atoms with Gasteiger partial charge in [-0.3, -0.25) is 0 Å². The summed E-state index contributed by atoms with van der Waals surface area (Å²) in [4.78, 5) is 7.02. The molecule has 2 N–H and O–H groups in total. The first-order valence-corrected chi connectivity index (χ1v) is 7.84. The van der Waals surface area contributed by atoms with Gasteiger partial charge < -0.3 is 20.1 Å². The number of phenolic OH excluding ortho intramolecular Hbond substituents is 1. The van der Waals surface area contributed by atoms with Crippen molar-refractivity contribution in [2.45, 2.75) is 33.7 Å². The average molecular weight is 433 g/mol. The largest absolute Gasteiger partial charge is 0.504 e. The van der Waals surface area contributed by atoms with Gasteiger partial charge in [-0.25, -0.2) is 4.99 Å². The second-order valence-electron chi connectivity index (χ2n) is 6.51. The van der Waals surface area contributed by atoms with Crippen molar-refractivity contribution in [2.75, 3.05) is 26.7 Å². The molecule has 0 spiro atoms. The number of hydrogen-bond donors (Lipinski definition) is 2. The van der Waals surface area contributed by atoms with E-state index >= 15 is 0 Å². The maximum Gasteiger partial charge on any atom is 0.194 e. The summed E-state index contributed by atoms with van der Waals surface area (Å²) in [6.07, 6.45) is 1.18. The molecule has 130 valence electrons. The fourth-order valence-corrected chi connectivity index (χ4v) is 2.72. The van der Waals surface area contributed by atoms with Gasteiger partial charge in [0.2, 0.25) is 0 Å². The minimum Gasteiger partial charge on any atom is -0.504 e. The number of aromatic hydroxyl groups is 1. The van der Waals surface area contributed by atoms with E-state index in [0.717, 1.165) is 31.2 Å². The van der Waals surface area contributed by atoms with Gasteiger partial charge in [-0.05, 0) is 36.5 Å². The van der Waals surface area contributed by atoms with Gasteiger partial charge in [0, 0.05) is 19.6 Å². The van der Waals surface area contributed by atoms with E-state index in [2.05, 4.69) is 31.0 Å². The molecule has 0 amide bonds. The highest BCUT2D eigenvalue weighted by molar-refractivity contribution is 14.0. The smallest absolute Gasteiger partial charge is 0.194 e. The molecule has 1 aromatic carbocycles. The molecule has 0 aromatic heterocycles. The number of guanidine groups is 1. The zero-order valence-corrected chi connectivity index (χ0v) is 16.8. The van der Waals surface area contributed by atoms with Crippen molar-refractivity contribution in [2.24, 2.45) is 10.4 Å². The summed E-state index contributed by atoms with van der Waals surface area (Å²) >= 11 is 0. The minimum absolute atomic E-state index is 0. The number of nitrogens with one attached hydrogen (secondary N) is 1. The number of halogens is 1. The standard InChI is InChI=1S/C17H27N3O2.HI/c1-5-18-16(20-9-8-17(2,3)12-20)19-11-13-6-7-15(22-4)14(21)10-13;/h6-7,10,21H,5,8-9,11-12H2,1-4H3,(H,18,19);1H. The van der Waals surface area contributed by atoms with Crippen LogP contribution in [0.2, 0.25) is 0 Å². The summed E-state index contributed by atoms with van der Waals surface area (Å²) in [6, 6.07) is 5.41. The van der Waals surface area contributed by atoms with Crippen molar-refractivity contribution in [1.82, 2.24) is 10.2 Å². The van der Waals surface area contributed by atoms with Crippen LogP contribution in [0.25, 0.3) is 0 Å². The van der Waals surface area contributed by atoms with E-state index in [1.807, 2.05) is 6.07 Å². The number of ether oxygens (including phenoxy) is 1. The van der Waals surface area contributed by atoms with Crippen molar-refractivity contribution in [1.29, 1.82) is 0 Å². The van der Waals surface area contributed by atoms with Gasteiger partial charge in [0.05, 0.1) is 13.7 Å². The Morgan fingerprint density at radius 3 is 2.70 bits per heavy atom. The highest BCUT2D eigenvalue weighted by atomic mass is 127. The van der Waals surface area contributed by atoms with Crippen LogP contribution in [-0.2, 0) is 6.54 Å². The van der Waals surface area contributed by atoms with Crippen LogP contribution in [0.1, 0.15) is 32.8 Å². The normalized spacial score (nSPS) is 16.9. The van der Waals surface area contributed by atoms with Crippen LogP contribution in [0.15, 0.2) is 23.2 Å². The molecule has 23 heavy (non-hydrogen) atoms. The molecular weight excluding hydrogens is 405 g/mol. The van der Waals surface area contributed by atoms with E-state index in [1.54, 1.807) is 19.2 Å². The van der Waals surface area contributed by atoms with E-state index < -0.39 is 0 Å². The highest BCUT2D eigenvalue weighted by Crippen LogP contribution is 2.29. The summed E-state index contributed by atoms with van der Waals surface area (Å²) in [5.74, 6) is 1.59. The van der Waals surface area contributed by atoms with E-state index in [9.17, 15) is 5.11 Å². The first-order valence-electron chi connectivity index (χ1n) is 7.84. The number of hydrogen-bond acceptors (Lipinski definition) is 3. The summed E-state index contributed by atoms with van der Waals surface area (Å²) in [6.45, 7) is 10.1. The van der Waals surface area contributed by atoms with Crippen LogP contribution in [0.5, 0.6) is 11.5 Å². The Hall–Kier alpha value is -1.18. The Morgan fingerprint density at radius 1 is 1.43 bits per heavy atom. The summed E-state index contributed by atoms with van der Waals surface area (Å²) in [5, 5.41) is 13.2. The number of phenols is 1. The van der Waals surface area contributed by atoms with Crippen LogP contribution in [-0.4, -0.2) is 42.7 Å². The summed E-state index contributed by atoms with van der Waals surface area (Å²) in [7, 11) is 1.55. The fraction of sp³-hybridized carbons (Fsp3) is 0.588. The molecule has 5 nitrogen and oxygen atoms in total. The summed E-state index contributed by atoms with van der Waals surface area (Å²) in [5.41, 5.74) is 1.31. The average Bonchev–Trinajstić information content (AvgIpc) is 2.83. The summed E-state index contributed by atoms with van der Waals surface area (Å²) < 4.78 is 5.06. The zero-order valence-electron chi connectivity index (χ0n) is 14.4. The molecule has 0 radical (unpaired) electrons. The van der Waals surface area contributed by atoms with Gasteiger partial charge in [0.25, 0.3) is 0 Å². The lowest BCUT2D eigenvalue weighted by Crippen LogP contribution is -2.40. The maximum absolute atomic E-state index is 9.84. The molecule has 0 saturated carbocycles. The lowest BCUT2D eigenvalue weighted by atomic mass is 9.93. The van der Waals surface area contributed by atoms with Crippen molar-refractivity contribution in [3.63, 3.8) is 0 Å². The van der Waals surface area contributed by atoms with Gasteiger partial charge in [-0.2, -0.15) is 0 Å². The Bertz CT molecular complexity index is 547. The number of aliphatic imine (C=N–C) groups is 1. The number of methoxy groups -OCH3 is 1. The van der Waals surface area contributed by atoms with Crippen LogP contribution < -0.4 is 10.1 Å². The molecule has 2 rings (SSSR count). The van der Waals surface area contributed by atoms with Crippen molar-refractivity contribution < 1.29 is 9.84 Å². The first kappa shape index (κ1) is 19.9. The van der Waals surface area contributed by atoms with Crippen molar-refractivity contribution >= 4 is 29.9 Å². The van der Waals surface area contributed by atoms with Crippen molar-refractivity contribution in [3.05, 3.63) is 23.8 Å². The second kappa shape index (κ2) is 8.61. The zero-order chi connectivity index (χ0) is 16.2. The molecule has 1 heterocycles. The third-order valence-corrected chi connectivity index (χ3v) is 3.97. The number of likely N-dealkylation sites (tertiary alicyclic amines) is 1. The number of rotatable bonds is 4. The predicted molar refractivity (Wildman–Crippen MR) is 105 cm³/mol. The SMILES string of the molecule is CCNC(=NCc1ccc(OC)c(O)c1)N1CCC(C)(C)C1.I. The Balaban J connectivity index is 0.00000264. The molecule has 0 atom stereocenters. The topological polar surface area (TPSA) is 57.1 Å². The molecule has 0 unspecified atom stereocenters. The number of nitrogens with zero attached hydrogens (tertiary/aromatic N) is 2. The van der Waals surface area contributed by atoms with Gasteiger partial charge in [-0.15, -0.1) is 24.0 Å². The molecule has 1 aliphatic rings. The third-order valence-electron chi connectivity index (χ3n) is 3.97. The molecular formula is C17H28IN3O2. The van der Waals surface area contributed by atoms with Gasteiger partial charge in [0.1, 0.15) is 0 Å². The monoisotopic (exact) mass is 433 g/mol. The molecule has 1 aliphatic heterocycles. The molecule has 1 fully saturated rings. The quantitative estimate of drug-likeness (QED) is 0.435. The van der Waals surface area contributed by atoms with E-state index in [-0.39, 0.29) is 29.7 Å². The van der Waals surface area contributed by atoms with Gasteiger partial charge >= 0.3 is 0 Å². The molecule has 0 bridgehead atoms. The molecule has 6 heteroatoms. The molecule has 1 aromatic rings. The van der Waals surface area contributed by atoms with Crippen LogP contribution in [0, 0.1) is 5.41 Å². The maximum atomic E-state index is 9.84. The van der Waals surface area contributed by atoms with E-state index in [0.29, 0.717) is 17.7 Å². The lowest BCUT2D eigenvalue weighted by Gasteiger charge is -2.23. The highest BCUT2D eigenvalue weighted by Gasteiger charge is 2.30.